The van der Waals surface area contributed by atoms with Crippen LogP contribution >= 0.6 is 11.8 Å². The molecular weight excluding hydrogens is 334 g/mol. The summed E-state index contributed by atoms with van der Waals surface area (Å²) in [5.41, 5.74) is 0.516. The maximum Gasteiger partial charge on any atom is 0.232 e. The minimum absolute atomic E-state index is 0.0692. The van der Waals surface area contributed by atoms with Gasteiger partial charge in [-0.05, 0) is 50.9 Å². The van der Waals surface area contributed by atoms with Gasteiger partial charge in [0, 0.05) is 37.5 Å². The van der Waals surface area contributed by atoms with Crippen LogP contribution in [-0.2, 0) is 4.79 Å². The van der Waals surface area contributed by atoms with Crippen molar-refractivity contribution in [2.24, 2.45) is 5.92 Å². The number of aromatic nitrogens is 1. The molecule has 0 aliphatic carbocycles. The third-order valence-electron chi connectivity index (χ3n) is 5.04. The summed E-state index contributed by atoms with van der Waals surface area (Å²) >= 11 is 1.72. The summed E-state index contributed by atoms with van der Waals surface area (Å²) in [5.74, 6) is 1.67. The highest BCUT2D eigenvalue weighted by Crippen LogP contribution is 2.21. The fourth-order valence-electron chi connectivity index (χ4n) is 3.59. The molecule has 0 aromatic carbocycles. The van der Waals surface area contributed by atoms with Gasteiger partial charge >= 0.3 is 0 Å². The first kappa shape index (κ1) is 18.4. The number of carbonyl (C=O) groups is 2. The Morgan fingerprint density at radius 3 is 2.76 bits per heavy atom. The van der Waals surface area contributed by atoms with Crippen molar-refractivity contribution in [2.75, 3.05) is 44.2 Å². The Hall–Kier alpha value is -1.40. The fraction of sp³-hybridized carbons (Fsp3) is 0.632. The van der Waals surface area contributed by atoms with Crippen LogP contribution in [0.2, 0.25) is 0 Å². The van der Waals surface area contributed by atoms with Crippen molar-refractivity contribution in [1.82, 2.24) is 14.8 Å². The van der Waals surface area contributed by atoms with Gasteiger partial charge in [0.05, 0.1) is 5.75 Å². The second-order valence-corrected chi connectivity index (χ2v) is 7.96. The maximum absolute atomic E-state index is 12.6. The number of amides is 1. The number of nitrogens with zero attached hydrogens (tertiary/aromatic N) is 3. The lowest BCUT2D eigenvalue weighted by Crippen LogP contribution is -2.43. The van der Waals surface area contributed by atoms with E-state index in [2.05, 4.69) is 9.88 Å². The van der Waals surface area contributed by atoms with Gasteiger partial charge in [0.15, 0.2) is 5.78 Å². The summed E-state index contributed by atoms with van der Waals surface area (Å²) in [6.07, 6.45) is 6.01. The standard InChI is InChI=1S/C19H27N3O2S/c23-18(15-25-13-12-21-9-3-4-10-21)22-11-5-6-16(14-22)19(24)17-7-1-2-8-20-17/h1-2,7-8,16H,3-6,9-15H2/t16-/m1/s1. The number of hydrogen-bond acceptors (Lipinski definition) is 5. The zero-order chi connectivity index (χ0) is 17.5. The average Bonchev–Trinajstić information content (AvgIpc) is 3.19. The van der Waals surface area contributed by atoms with E-state index >= 15 is 0 Å². The van der Waals surface area contributed by atoms with E-state index in [1.807, 2.05) is 17.0 Å². The van der Waals surface area contributed by atoms with E-state index in [0.29, 0.717) is 18.0 Å². The molecule has 1 aromatic heterocycles. The molecule has 1 atom stereocenters. The Morgan fingerprint density at radius 2 is 2.00 bits per heavy atom. The lowest BCUT2D eigenvalue weighted by molar-refractivity contribution is -0.129. The van der Waals surface area contributed by atoms with E-state index in [-0.39, 0.29) is 17.6 Å². The second kappa shape index (κ2) is 9.34. The Labute approximate surface area is 154 Å². The van der Waals surface area contributed by atoms with Gasteiger partial charge in [0.2, 0.25) is 5.91 Å². The summed E-state index contributed by atoms with van der Waals surface area (Å²) in [6, 6.07) is 5.41. The monoisotopic (exact) mass is 361 g/mol. The summed E-state index contributed by atoms with van der Waals surface area (Å²) in [6.45, 7) is 4.81. The number of ketones is 1. The van der Waals surface area contributed by atoms with Crippen molar-refractivity contribution >= 4 is 23.5 Å². The van der Waals surface area contributed by atoms with Gasteiger partial charge < -0.3 is 9.80 Å². The minimum atomic E-state index is -0.109. The Morgan fingerprint density at radius 1 is 1.16 bits per heavy atom. The molecule has 0 spiro atoms. The fourth-order valence-corrected chi connectivity index (χ4v) is 4.47. The first-order chi connectivity index (χ1) is 12.2. The van der Waals surface area contributed by atoms with E-state index in [1.165, 1.54) is 25.9 Å². The summed E-state index contributed by atoms with van der Waals surface area (Å²) < 4.78 is 0. The van der Waals surface area contributed by atoms with E-state index in [9.17, 15) is 9.59 Å². The van der Waals surface area contributed by atoms with E-state index in [4.69, 9.17) is 0 Å². The van der Waals surface area contributed by atoms with Crippen molar-refractivity contribution in [2.45, 2.75) is 25.7 Å². The van der Waals surface area contributed by atoms with E-state index in [0.717, 1.165) is 31.7 Å². The lowest BCUT2D eigenvalue weighted by atomic mass is 9.92. The molecule has 0 bridgehead atoms. The smallest absolute Gasteiger partial charge is 0.232 e. The molecule has 1 aromatic rings. The highest BCUT2D eigenvalue weighted by molar-refractivity contribution is 7.99. The molecule has 2 saturated heterocycles. The van der Waals surface area contributed by atoms with Gasteiger partial charge in [-0.25, -0.2) is 0 Å². The van der Waals surface area contributed by atoms with Crippen LogP contribution in [0.5, 0.6) is 0 Å². The lowest BCUT2D eigenvalue weighted by Gasteiger charge is -2.32. The maximum atomic E-state index is 12.6. The topological polar surface area (TPSA) is 53.5 Å². The second-order valence-electron chi connectivity index (χ2n) is 6.86. The highest BCUT2D eigenvalue weighted by atomic mass is 32.2. The van der Waals surface area contributed by atoms with Crippen LogP contribution < -0.4 is 0 Å². The van der Waals surface area contributed by atoms with Crippen LogP contribution in [0.25, 0.3) is 0 Å². The Balaban J connectivity index is 1.42. The van der Waals surface area contributed by atoms with Gasteiger partial charge in [-0.15, -0.1) is 0 Å². The van der Waals surface area contributed by atoms with Crippen molar-refractivity contribution in [3.63, 3.8) is 0 Å². The van der Waals surface area contributed by atoms with Gasteiger partial charge in [0.1, 0.15) is 5.69 Å². The largest absolute Gasteiger partial charge is 0.341 e. The number of pyridine rings is 1. The summed E-state index contributed by atoms with van der Waals surface area (Å²) in [5, 5.41) is 0. The van der Waals surface area contributed by atoms with Crippen LogP contribution in [0.3, 0.4) is 0 Å². The molecule has 5 nitrogen and oxygen atoms in total. The predicted molar refractivity (Wildman–Crippen MR) is 101 cm³/mol. The molecule has 6 heteroatoms. The van der Waals surface area contributed by atoms with Crippen LogP contribution in [0.15, 0.2) is 24.4 Å². The van der Waals surface area contributed by atoms with Crippen molar-refractivity contribution in [3.8, 4) is 0 Å². The molecule has 2 fully saturated rings. The van der Waals surface area contributed by atoms with Crippen molar-refractivity contribution in [1.29, 1.82) is 0 Å². The number of likely N-dealkylation sites (tertiary alicyclic amines) is 2. The van der Waals surface area contributed by atoms with Crippen LogP contribution in [0, 0.1) is 5.92 Å². The molecule has 2 aliphatic rings. The zero-order valence-electron chi connectivity index (χ0n) is 14.7. The predicted octanol–water partition coefficient (Wildman–Crippen LogP) is 2.33. The molecule has 0 N–H and O–H groups in total. The Bertz CT molecular complexity index is 575. The SMILES string of the molecule is O=C(c1ccccn1)[C@@H]1CCCN(C(=O)CSCCN2CCCC2)C1. The molecule has 0 unspecified atom stereocenters. The van der Waals surface area contributed by atoms with Gasteiger partial charge in [0.25, 0.3) is 0 Å². The highest BCUT2D eigenvalue weighted by Gasteiger charge is 2.29. The molecule has 2 aliphatic heterocycles. The molecule has 0 radical (unpaired) electrons. The normalized spacial score (nSPS) is 21.4. The average molecular weight is 362 g/mol. The van der Waals surface area contributed by atoms with E-state index in [1.54, 1.807) is 24.0 Å². The third-order valence-corrected chi connectivity index (χ3v) is 5.96. The van der Waals surface area contributed by atoms with Crippen LogP contribution in [0.1, 0.15) is 36.2 Å². The summed E-state index contributed by atoms with van der Waals surface area (Å²) in [4.78, 5) is 33.5. The van der Waals surface area contributed by atoms with Crippen molar-refractivity contribution in [3.05, 3.63) is 30.1 Å². The number of piperidine rings is 1. The molecule has 1 amide bonds. The third kappa shape index (κ3) is 5.28. The molecular formula is C19H27N3O2S. The number of Topliss-reactive ketones (excluding diaryl/α,β-unsaturated/α-hetero) is 1. The van der Waals surface area contributed by atoms with Gasteiger partial charge in [-0.2, -0.15) is 11.8 Å². The van der Waals surface area contributed by atoms with Crippen LogP contribution in [-0.4, -0.2) is 70.7 Å². The number of thioether (sulfide) groups is 1. The molecule has 3 heterocycles. The first-order valence-corrected chi connectivity index (χ1v) is 10.4. The van der Waals surface area contributed by atoms with Crippen molar-refractivity contribution < 1.29 is 9.59 Å². The van der Waals surface area contributed by atoms with Gasteiger partial charge in [-0.3, -0.25) is 14.6 Å². The van der Waals surface area contributed by atoms with Crippen LogP contribution in [0.4, 0.5) is 0 Å². The van der Waals surface area contributed by atoms with Gasteiger partial charge in [-0.1, -0.05) is 6.07 Å². The molecule has 136 valence electrons. The Kier molecular flexibility index (Phi) is 6.87. The minimum Gasteiger partial charge on any atom is -0.341 e. The summed E-state index contributed by atoms with van der Waals surface area (Å²) in [7, 11) is 0. The quantitative estimate of drug-likeness (QED) is 0.551. The number of rotatable bonds is 7. The van der Waals surface area contributed by atoms with E-state index < -0.39 is 0 Å². The molecule has 3 rings (SSSR count). The zero-order valence-corrected chi connectivity index (χ0v) is 15.5. The number of carbonyl (C=O) groups excluding carboxylic acids is 2. The molecule has 25 heavy (non-hydrogen) atoms. The molecule has 0 saturated carbocycles. The first-order valence-electron chi connectivity index (χ1n) is 9.27. The number of hydrogen-bond donors (Lipinski definition) is 0.